The molecule has 124 valence electrons. The second-order valence-electron chi connectivity index (χ2n) is 4.97. The van der Waals surface area contributed by atoms with Gasteiger partial charge in [0.25, 0.3) is 11.8 Å². The number of ether oxygens (including phenoxy) is 1. The molecule has 2 rings (SSSR count). The number of carbonyl (C=O) groups excluding carboxylic acids is 2. The lowest BCUT2D eigenvalue weighted by atomic mass is 10.1. The van der Waals surface area contributed by atoms with Gasteiger partial charge in [0.1, 0.15) is 12.4 Å². The fourth-order valence-electron chi connectivity index (χ4n) is 1.92. The van der Waals surface area contributed by atoms with Gasteiger partial charge in [-0.05, 0) is 59.3 Å². The summed E-state index contributed by atoms with van der Waals surface area (Å²) in [7, 11) is 0. The Morgan fingerprint density at radius 3 is 2.58 bits per heavy atom. The summed E-state index contributed by atoms with van der Waals surface area (Å²) in [5.41, 5.74) is 6.70. The first kappa shape index (κ1) is 18.0. The molecule has 0 aliphatic heterocycles. The summed E-state index contributed by atoms with van der Waals surface area (Å²) in [6, 6.07) is 12.1. The van der Waals surface area contributed by atoms with Gasteiger partial charge < -0.3 is 4.74 Å². The zero-order valence-corrected chi connectivity index (χ0v) is 15.3. The van der Waals surface area contributed by atoms with E-state index in [1.165, 1.54) is 0 Å². The molecule has 0 unspecified atom stereocenters. The van der Waals surface area contributed by atoms with Gasteiger partial charge in [-0.15, -0.1) is 0 Å². The van der Waals surface area contributed by atoms with Crippen LogP contribution >= 0.6 is 22.6 Å². The zero-order valence-electron chi connectivity index (χ0n) is 13.1. The number of hydrogen-bond acceptors (Lipinski definition) is 3. The van der Waals surface area contributed by atoms with Crippen LogP contribution < -0.4 is 15.6 Å². The van der Waals surface area contributed by atoms with Crippen LogP contribution in [0, 0.1) is 10.5 Å². The third kappa shape index (κ3) is 4.58. The number of halogens is 1. The first-order chi connectivity index (χ1) is 11.5. The number of amides is 2. The summed E-state index contributed by atoms with van der Waals surface area (Å²) in [5, 5.41) is 0. The molecule has 0 saturated carbocycles. The standard InChI is InChI=1S/C18H17IN2O3/c1-3-10-24-16-7-5-4-6-14(16)18(23)21-20-17(22)13-9-8-12(2)15(19)11-13/h3-9,11H,1,10H2,2H3,(H,20,22)(H,21,23). The van der Waals surface area contributed by atoms with Gasteiger partial charge in [0.05, 0.1) is 5.56 Å². The Labute approximate surface area is 154 Å². The molecule has 0 saturated heterocycles. The van der Waals surface area contributed by atoms with Crippen LogP contribution in [0.3, 0.4) is 0 Å². The van der Waals surface area contributed by atoms with Crippen LogP contribution in [-0.4, -0.2) is 18.4 Å². The molecule has 0 aliphatic carbocycles. The lowest BCUT2D eigenvalue weighted by Gasteiger charge is -2.11. The van der Waals surface area contributed by atoms with Gasteiger partial charge in [0.2, 0.25) is 0 Å². The second-order valence-corrected chi connectivity index (χ2v) is 6.13. The highest BCUT2D eigenvalue weighted by molar-refractivity contribution is 14.1. The van der Waals surface area contributed by atoms with Gasteiger partial charge >= 0.3 is 0 Å². The quantitative estimate of drug-likeness (QED) is 0.430. The maximum Gasteiger partial charge on any atom is 0.273 e. The summed E-state index contributed by atoms with van der Waals surface area (Å²) >= 11 is 2.16. The Morgan fingerprint density at radius 1 is 1.17 bits per heavy atom. The molecule has 0 fully saturated rings. The molecule has 0 aromatic heterocycles. The molecule has 0 radical (unpaired) electrons. The molecule has 6 heteroatoms. The highest BCUT2D eigenvalue weighted by Gasteiger charge is 2.13. The van der Waals surface area contributed by atoms with E-state index in [-0.39, 0.29) is 5.91 Å². The molecule has 2 amide bonds. The Morgan fingerprint density at radius 2 is 1.88 bits per heavy atom. The van der Waals surface area contributed by atoms with Crippen LogP contribution in [0.4, 0.5) is 0 Å². The monoisotopic (exact) mass is 436 g/mol. The van der Waals surface area contributed by atoms with Crippen LogP contribution in [0.15, 0.2) is 55.1 Å². The maximum atomic E-state index is 12.3. The SMILES string of the molecule is C=CCOc1ccccc1C(=O)NNC(=O)c1ccc(C)c(I)c1. The average molecular weight is 436 g/mol. The van der Waals surface area contributed by atoms with E-state index in [4.69, 9.17) is 4.74 Å². The van der Waals surface area contributed by atoms with Crippen molar-refractivity contribution in [3.63, 3.8) is 0 Å². The normalized spacial score (nSPS) is 9.92. The average Bonchev–Trinajstić information content (AvgIpc) is 2.60. The summed E-state index contributed by atoms with van der Waals surface area (Å²) in [4.78, 5) is 24.4. The smallest absolute Gasteiger partial charge is 0.273 e. The van der Waals surface area contributed by atoms with Crippen molar-refractivity contribution in [1.29, 1.82) is 0 Å². The zero-order chi connectivity index (χ0) is 17.5. The Bertz CT molecular complexity index is 775. The topological polar surface area (TPSA) is 67.4 Å². The number of aryl methyl sites for hydroxylation is 1. The second kappa shape index (κ2) is 8.49. The maximum absolute atomic E-state index is 12.3. The molecular formula is C18H17IN2O3. The van der Waals surface area contributed by atoms with Crippen LogP contribution in [0.2, 0.25) is 0 Å². The Balaban J connectivity index is 2.03. The largest absolute Gasteiger partial charge is 0.489 e. The third-order valence-electron chi connectivity index (χ3n) is 3.21. The van der Waals surface area contributed by atoms with E-state index in [0.717, 1.165) is 9.13 Å². The summed E-state index contributed by atoms with van der Waals surface area (Å²) in [6.45, 7) is 5.83. The predicted octanol–water partition coefficient (Wildman–Crippen LogP) is 3.24. The first-order valence-electron chi connectivity index (χ1n) is 7.22. The fourth-order valence-corrected chi connectivity index (χ4v) is 2.43. The van der Waals surface area contributed by atoms with E-state index in [1.807, 2.05) is 13.0 Å². The molecule has 2 N–H and O–H groups in total. The highest BCUT2D eigenvalue weighted by atomic mass is 127. The minimum Gasteiger partial charge on any atom is -0.489 e. The fraction of sp³-hybridized carbons (Fsp3) is 0.111. The number of nitrogens with one attached hydrogen (secondary N) is 2. The Kier molecular flexibility index (Phi) is 6.36. The van der Waals surface area contributed by atoms with Crippen molar-refractivity contribution in [2.75, 3.05) is 6.61 Å². The molecule has 0 spiro atoms. The van der Waals surface area contributed by atoms with E-state index in [1.54, 1.807) is 42.5 Å². The van der Waals surface area contributed by atoms with Crippen molar-refractivity contribution in [2.45, 2.75) is 6.92 Å². The predicted molar refractivity (Wildman–Crippen MR) is 101 cm³/mol. The van der Waals surface area contributed by atoms with Gasteiger partial charge in [-0.25, -0.2) is 0 Å². The van der Waals surface area contributed by atoms with Gasteiger partial charge in [0.15, 0.2) is 0 Å². The van der Waals surface area contributed by atoms with Gasteiger partial charge in [-0.1, -0.05) is 30.9 Å². The minimum atomic E-state index is -0.454. The summed E-state index contributed by atoms with van der Waals surface area (Å²) in [6.07, 6.45) is 1.59. The number of para-hydroxylation sites is 1. The van der Waals surface area contributed by atoms with E-state index in [9.17, 15) is 9.59 Å². The lowest BCUT2D eigenvalue weighted by molar-refractivity contribution is 0.0844. The van der Waals surface area contributed by atoms with E-state index in [2.05, 4.69) is 40.0 Å². The van der Waals surface area contributed by atoms with Crippen LogP contribution in [0.1, 0.15) is 26.3 Å². The molecular weight excluding hydrogens is 419 g/mol. The third-order valence-corrected chi connectivity index (χ3v) is 4.37. The van der Waals surface area contributed by atoms with Crippen LogP contribution in [-0.2, 0) is 0 Å². The first-order valence-corrected chi connectivity index (χ1v) is 8.30. The van der Waals surface area contributed by atoms with Crippen molar-refractivity contribution in [3.05, 3.63) is 75.4 Å². The molecule has 0 bridgehead atoms. The molecule has 0 atom stereocenters. The molecule has 24 heavy (non-hydrogen) atoms. The van der Waals surface area contributed by atoms with E-state index >= 15 is 0 Å². The van der Waals surface area contributed by atoms with Gasteiger partial charge in [0, 0.05) is 9.13 Å². The van der Waals surface area contributed by atoms with Crippen molar-refractivity contribution in [3.8, 4) is 5.75 Å². The summed E-state index contributed by atoms with van der Waals surface area (Å²) in [5.74, 6) is -0.412. The van der Waals surface area contributed by atoms with Crippen molar-refractivity contribution in [1.82, 2.24) is 10.9 Å². The molecule has 2 aromatic carbocycles. The lowest BCUT2D eigenvalue weighted by Crippen LogP contribution is -2.41. The molecule has 2 aromatic rings. The van der Waals surface area contributed by atoms with E-state index < -0.39 is 5.91 Å². The van der Waals surface area contributed by atoms with E-state index in [0.29, 0.717) is 23.5 Å². The summed E-state index contributed by atoms with van der Waals surface area (Å²) < 4.78 is 6.42. The molecule has 0 aliphatic rings. The van der Waals surface area contributed by atoms with Crippen LogP contribution in [0.25, 0.3) is 0 Å². The number of carbonyl (C=O) groups is 2. The van der Waals surface area contributed by atoms with Gasteiger partial charge in [-0.3, -0.25) is 20.4 Å². The molecule has 5 nitrogen and oxygen atoms in total. The van der Waals surface area contributed by atoms with Crippen molar-refractivity contribution < 1.29 is 14.3 Å². The van der Waals surface area contributed by atoms with Crippen molar-refractivity contribution in [2.24, 2.45) is 0 Å². The van der Waals surface area contributed by atoms with Gasteiger partial charge in [-0.2, -0.15) is 0 Å². The number of hydrogen-bond donors (Lipinski definition) is 2. The number of benzene rings is 2. The Hall–Kier alpha value is -2.35. The van der Waals surface area contributed by atoms with Crippen LogP contribution in [0.5, 0.6) is 5.75 Å². The minimum absolute atomic E-state index is 0.290. The number of hydrazine groups is 1. The van der Waals surface area contributed by atoms with Crippen molar-refractivity contribution >= 4 is 34.4 Å². The number of rotatable bonds is 5. The molecule has 0 heterocycles. The highest BCUT2D eigenvalue weighted by Crippen LogP contribution is 2.17.